The van der Waals surface area contributed by atoms with Gasteiger partial charge in [-0.2, -0.15) is 0 Å². The van der Waals surface area contributed by atoms with Crippen LogP contribution in [-0.4, -0.2) is 17.3 Å². The van der Waals surface area contributed by atoms with Crippen molar-refractivity contribution in [2.45, 2.75) is 33.6 Å². The number of benzene rings is 1. The van der Waals surface area contributed by atoms with Gasteiger partial charge in [0.2, 0.25) is 0 Å². The summed E-state index contributed by atoms with van der Waals surface area (Å²) >= 11 is 0. The molecule has 0 unspecified atom stereocenters. The van der Waals surface area contributed by atoms with Gasteiger partial charge in [0.05, 0.1) is 4.92 Å². The normalized spacial score (nSPS) is 10.2. The van der Waals surface area contributed by atoms with Crippen molar-refractivity contribution < 1.29 is 14.5 Å². The molecule has 0 aliphatic carbocycles. The molecule has 0 aliphatic rings. The lowest BCUT2D eigenvalue weighted by molar-refractivity contribution is -0.385. The minimum Gasteiger partial charge on any atom is -0.486 e. The summed E-state index contributed by atoms with van der Waals surface area (Å²) in [7, 11) is 0. The number of hydrogen-bond donors (Lipinski definition) is 0. The van der Waals surface area contributed by atoms with Gasteiger partial charge in [-0.15, -0.1) is 0 Å². The summed E-state index contributed by atoms with van der Waals surface area (Å²) in [5.41, 5.74) is 1.26. The van der Waals surface area contributed by atoms with Gasteiger partial charge < -0.3 is 4.74 Å². The molecule has 0 N–H and O–H groups in total. The van der Waals surface area contributed by atoms with E-state index in [1.165, 1.54) is 6.07 Å². The maximum absolute atomic E-state index is 11.4. The predicted molar refractivity (Wildman–Crippen MR) is 68.0 cm³/mol. The van der Waals surface area contributed by atoms with Gasteiger partial charge in [-0.05, 0) is 31.9 Å². The highest BCUT2D eigenvalue weighted by molar-refractivity contribution is 5.79. The third kappa shape index (κ3) is 3.55. The first-order valence-electron chi connectivity index (χ1n) is 5.85. The third-order valence-electron chi connectivity index (χ3n) is 2.61. The molecule has 0 heterocycles. The van der Waals surface area contributed by atoms with Gasteiger partial charge in [-0.25, -0.2) is 0 Å². The first-order valence-corrected chi connectivity index (χ1v) is 5.85. The molecule has 1 aromatic carbocycles. The van der Waals surface area contributed by atoms with Crippen LogP contribution in [0, 0.1) is 24.0 Å². The highest BCUT2D eigenvalue weighted by Gasteiger charge is 2.14. The van der Waals surface area contributed by atoms with Gasteiger partial charge in [0.25, 0.3) is 5.69 Å². The first-order chi connectivity index (χ1) is 8.45. The fraction of sp³-hybridized carbons (Fsp3) is 0.462. The average molecular weight is 251 g/mol. The number of nitrogens with zero attached hydrogens (tertiary/aromatic N) is 1. The van der Waals surface area contributed by atoms with E-state index in [1.807, 2.05) is 6.92 Å². The number of aryl methyl sites for hydroxylation is 2. The van der Waals surface area contributed by atoms with Crippen molar-refractivity contribution in [2.24, 2.45) is 0 Å². The first kappa shape index (κ1) is 14.2. The van der Waals surface area contributed by atoms with Gasteiger partial charge in [-0.3, -0.25) is 14.9 Å². The van der Waals surface area contributed by atoms with Crippen LogP contribution in [0.3, 0.4) is 0 Å². The number of ketones is 1. The highest BCUT2D eigenvalue weighted by atomic mass is 16.6. The number of ether oxygens (including phenoxy) is 1. The molecule has 0 fully saturated rings. The highest BCUT2D eigenvalue weighted by Crippen LogP contribution is 2.27. The molecule has 5 nitrogen and oxygen atoms in total. The maximum Gasteiger partial charge on any atom is 0.272 e. The Morgan fingerprint density at radius 3 is 2.56 bits per heavy atom. The van der Waals surface area contributed by atoms with Crippen LogP contribution in [0.25, 0.3) is 0 Å². The molecule has 18 heavy (non-hydrogen) atoms. The Morgan fingerprint density at radius 2 is 2.00 bits per heavy atom. The lowest BCUT2D eigenvalue weighted by Crippen LogP contribution is -2.11. The number of nitro groups is 1. The molecule has 0 amide bonds. The Balaban J connectivity index is 2.82. The van der Waals surface area contributed by atoms with E-state index in [0.717, 1.165) is 6.42 Å². The summed E-state index contributed by atoms with van der Waals surface area (Å²) in [6.45, 7) is 5.33. The summed E-state index contributed by atoms with van der Waals surface area (Å²) in [6, 6.07) is 3.07. The quantitative estimate of drug-likeness (QED) is 0.575. The summed E-state index contributed by atoms with van der Waals surface area (Å²) in [6.07, 6.45) is 1.28. The van der Waals surface area contributed by atoms with Crippen molar-refractivity contribution in [3.05, 3.63) is 33.4 Å². The zero-order valence-electron chi connectivity index (χ0n) is 10.9. The van der Waals surface area contributed by atoms with Crippen LogP contribution in [0.1, 0.15) is 30.9 Å². The van der Waals surface area contributed by atoms with Crippen LogP contribution in [0.15, 0.2) is 12.1 Å². The predicted octanol–water partition coefficient (Wildman–Crippen LogP) is 2.96. The SMILES string of the molecule is CCCC(=O)COc1cc(C)c([N+](=O)[O-])cc1C. The van der Waals surface area contributed by atoms with E-state index in [1.54, 1.807) is 19.9 Å². The molecule has 0 radical (unpaired) electrons. The Kier molecular flexibility index (Phi) is 4.83. The molecule has 0 aromatic heterocycles. The average Bonchev–Trinajstić information content (AvgIpc) is 2.29. The van der Waals surface area contributed by atoms with Crippen LogP contribution < -0.4 is 4.74 Å². The number of carbonyl (C=O) groups excluding carboxylic acids is 1. The van der Waals surface area contributed by atoms with E-state index in [4.69, 9.17) is 4.74 Å². The topological polar surface area (TPSA) is 69.4 Å². The molecule has 0 aliphatic heterocycles. The lowest BCUT2D eigenvalue weighted by atomic mass is 10.1. The molecule has 0 bridgehead atoms. The van der Waals surface area contributed by atoms with E-state index >= 15 is 0 Å². The van der Waals surface area contributed by atoms with Crippen molar-refractivity contribution in [3.63, 3.8) is 0 Å². The number of nitro benzene ring substituents is 1. The van der Waals surface area contributed by atoms with Crippen LogP contribution in [0.4, 0.5) is 5.69 Å². The standard InChI is InChI=1S/C13H17NO4/c1-4-5-11(15)8-18-13-7-9(2)12(14(16)17)6-10(13)3/h6-7H,4-5,8H2,1-3H3. The second kappa shape index (κ2) is 6.14. The largest absolute Gasteiger partial charge is 0.486 e. The van der Waals surface area contributed by atoms with Gasteiger partial charge in [0.1, 0.15) is 12.4 Å². The minimum absolute atomic E-state index is 0.0198. The molecule has 0 atom stereocenters. The molecule has 5 heteroatoms. The molecule has 0 spiro atoms. The van der Waals surface area contributed by atoms with E-state index in [-0.39, 0.29) is 18.1 Å². The Hall–Kier alpha value is -1.91. The van der Waals surface area contributed by atoms with Gasteiger partial charge in [-0.1, -0.05) is 6.92 Å². The van der Waals surface area contributed by atoms with E-state index < -0.39 is 4.92 Å². The minimum atomic E-state index is -0.422. The van der Waals surface area contributed by atoms with Crippen LogP contribution in [0.5, 0.6) is 5.75 Å². The van der Waals surface area contributed by atoms with Gasteiger partial charge in [0, 0.05) is 18.1 Å². The van der Waals surface area contributed by atoms with E-state index in [2.05, 4.69) is 0 Å². The van der Waals surface area contributed by atoms with Crippen molar-refractivity contribution in [3.8, 4) is 5.75 Å². The number of rotatable bonds is 6. The molecular formula is C13H17NO4. The van der Waals surface area contributed by atoms with Crippen molar-refractivity contribution in [2.75, 3.05) is 6.61 Å². The number of carbonyl (C=O) groups is 1. The number of Topliss-reactive ketones (excluding diaryl/α,β-unsaturated/α-hetero) is 1. The Labute approximate surface area is 106 Å². The van der Waals surface area contributed by atoms with Crippen LogP contribution in [-0.2, 0) is 4.79 Å². The summed E-state index contributed by atoms with van der Waals surface area (Å²) in [5.74, 6) is 0.565. The molecule has 0 saturated heterocycles. The van der Waals surface area contributed by atoms with E-state index in [0.29, 0.717) is 23.3 Å². The lowest BCUT2D eigenvalue weighted by Gasteiger charge is -2.09. The molecular weight excluding hydrogens is 234 g/mol. The fourth-order valence-electron chi connectivity index (χ4n) is 1.64. The fourth-order valence-corrected chi connectivity index (χ4v) is 1.64. The second-order valence-electron chi connectivity index (χ2n) is 4.24. The van der Waals surface area contributed by atoms with Crippen molar-refractivity contribution >= 4 is 11.5 Å². The molecule has 98 valence electrons. The summed E-state index contributed by atoms with van der Waals surface area (Å²) < 4.78 is 5.39. The summed E-state index contributed by atoms with van der Waals surface area (Å²) in [5, 5.41) is 10.7. The Bertz CT molecular complexity index is 468. The molecule has 1 aromatic rings. The van der Waals surface area contributed by atoms with Crippen LogP contribution in [0.2, 0.25) is 0 Å². The molecule has 0 saturated carbocycles. The summed E-state index contributed by atoms with van der Waals surface area (Å²) in [4.78, 5) is 21.7. The Morgan fingerprint density at radius 1 is 1.33 bits per heavy atom. The zero-order valence-corrected chi connectivity index (χ0v) is 10.9. The monoisotopic (exact) mass is 251 g/mol. The third-order valence-corrected chi connectivity index (χ3v) is 2.61. The zero-order chi connectivity index (χ0) is 13.7. The number of hydrogen-bond acceptors (Lipinski definition) is 4. The van der Waals surface area contributed by atoms with Gasteiger partial charge >= 0.3 is 0 Å². The molecule has 1 rings (SSSR count). The van der Waals surface area contributed by atoms with Crippen molar-refractivity contribution in [1.82, 2.24) is 0 Å². The second-order valence-corrected chi connectivity index (χ2v) is 4.24. The van der Waals surface area contributed by atoms with E-state index in [9.17, 15) is 14.9 Å². The maximum atomic E-state index is 11.4. The van der Waals surface area contributed by atoms with Crippen molar-refractivity contribution in [1.29, 1.82) is 0 Å². The smallest absolute Gasteiger partial charge is 0.272 e. The van der Waals surface area contributed by atoms with Gasteiger partial charge in [0.15, 0.2) is 5.78 Å². The van der Waals surface area contributed by atoms with Crippen LogP contribution >= 0.6 is 0 Å².